The Morgan fingerprint density at radius 1 is 1.15 bits per heavy atom. The zero-order valence-electron chi connectivity index (χ0n) is 11.9. The maximum Gasteiger partial charge on any atom is 0.308 e. The number of aliphatic carboxylic acids is 1. The first kappa shape index (κ1) is 14.8. The fraction of sp³-hybridized carbons (Fsp3) is 0.786. The second kappa shape index (κ2) is 6.24. The fourth-order valence-electron chi connectivity index (χ4n) is 3.06. The highest BCUT2D eigenvalue weighted by atomic mass is 16.4. The molecule has 2 heterocycles. The SMILES string of the molecule is CCC(=O)N1CCCCC1C(=O)N1CCC(C(=O)O)C1. The zero-order valence-corrected chi connectivity index (χ0v) is 11.9. The van der Waals surface area contributed by atoms with Crippen LogP contribution in [0.2, 0.25) is 0 Å². The molecule has 0 radical (unpaired) electrons. The minimum Gasteiger partial charge on any atom is -0.481 e. The molecule has 20 heavy (non-hydrogen) atoms. The third-order valence-corrected chi connectivity index (χ3v) is 4.26. The summed E-state index contributed by atoms with van der Waals surface area (Å²) in [6.45, 7) is 3.20. The van der Waals surface area contributed by atoms with Gasteiger partial charge in [0.15, 0.2) is 0 Å². The van der Waals surface area contributed by atoms with Gasteiger partial charge in [-0.2, -0.15) is 0 Å². The number of carbonyl (C=O) groups excluding carboxylic acids is 2. The molecule has 0 aliphatic carbocycles. The molecule has 6 nitrogen and oxygen atoms in total. The highest BCUT2D eigenvalue weighted by Gasteiger charge is 2.38. The molecule has 0 aromatic carbocycles. The summed E-state index contributed by atoms with van der Waals surface area (Å²) in [6.07, 6.45) is 3.49. The monoisotopic (exact) mass is 282 g/mol. The van der Waals surface area contributed by atoms with Crippen LogP contribution in [-0.4, -0.2) is 58.4 Å². The first-order valence-corrected chi connectivity index (χ1v) is 7.35. The maximum atomic E-state index is 12.5. The Labute approximate surface area is 118 Å². The normalized spacial score (nSPS) is 26.6. The van der Waals surface area contributed by atoms with Crippen molar-refractivity contribution >= 4 is 17.8 Å². The molecule has 2 amide bonds. The van der Waals surface area contributed by atoms with Crippen LogP contribution in [0.5, 0.6) is 0 Å². The Bertz CT molecular complexity index is 410. The summed E-state index contributed by atoms with van der Waals surface area (Å²) < 4.78 is 0. The van der Waals surface area contributed by atoms with Crippen molar-refractivity contribution in [2.75, 3.05) is 19.6 Å². The summed E-state index contributed by atoms with van der Waals surface area (Å²) in [7, 11) is 0. The number of piperidine rings is 1. The van der Waals surface area contributed by atoms with Gasteiger partial charge in [0.25, 0.3) is 0 Å². The van der Waals surface area contributed by atoms with Crippen LogP contribution >= 0.6 is 0 Å². The standard InChI is InChI=1S/C14H22N2O4/c1-2-12(17)16-7-4-3-5-11(16)13(18)15-8-6-10(9-15)14(19)20/h10-11H,2-9H2,1H3,(H,19,20). The molecule has 0 aromatic rings. The quantitative estimate of drug-likeness (QED) is 0.827. The minimum absolute atomic E-state index is 0.0111. The van der Waals surface area contributed by atoms with Crippen LogP contribution in [0.25, 0.3) is 0 Å². The number of amides is 2. The number of carboxylic acids is 1. The molecule has 2 saturated heterocycles. The van der Waals surface area contributed by atoms with E-state index in [1.807, 2.05) is 0 Å². The smallest absolute Gasteiger partial charge is 0.308 e. The summed E-state index contributed by atoms with van der Waals surface area (Å²) in [5.41, 5.74) is 0. The third kappa shape index (κ3) is 2.94. The molecule has 2 atom stereocenters. The van der Waals surface area contributed by atoms with Gasteiger partial charge in [0.1, 0.15) is 6.04 Å². The number of hydrogen-bond donors (Lipinski definition) is 1. The maximum absolute atomic E-state index is 12.5. The molecule has 0 aromatic heterocycles. The lowest BCUT2D eigenvalue weighted by Gasteiger charge is -2.36. The highest BCUT2D eigenvalue weighted by molar-refractivity contribution is 5.88. The van der Waals surface area contributed by atoms with E-state index in [1.165, 1.54) is 0 Å². The summed E-state index contributed by atoms with van der Waals surface area (Å²) in [5.74, 6) is -1.37. The van der Waals surface area contributed by atoms with Gasteiger partial charge in [0, 0.05) is 26.1 Å². The lowest BCUT2D eigenvalue weighted by atomic mass is 10.0. The van der Waals surface area contributed by atoms with Crippen molar-refractivity contribution in [1.29, 1.82) is 0 Å². The van der Waals surface area contributed by atoms with Crippen LogP contribution in [0.4, 0.5) is 0 Å². The van der Waals surface area contributed by atoms with E-state index >= 15 is 0 Å². The van der Waals surface area contributed by atoms with Gasteiger partial charge in [-0.25, -0.2) is 0 Å². The average Bonchev–Trinajstić information content (AvgIpc) is 2.95. The Kier molecular flexibility index (Phi) is 4.62. The van der Waals surface area contributed by atoms with Crippen LogP contribution in [0.15, 0.2) is 0 Å². The van der Waals surface area contributed by atoms with Crippen LogP contribution in [0.1, 0.15) is 39.0 Å². The molecule has 2 rings (SSSR count). The predicted octanol–water partition coefficient (Wildman–Crippen LogP) is 0.711. The second-order valence-electron chi connectivity index (χ2n) is 5.56. The number of rotatable bonds is 3. The van der Waals surface area contributed by atoms with Gasteiger partial charge in [-0.05, 0) is 25.7 Å². The first-order chi connectivity index (χ1) is 9.54. The Morgan fingerprint density at radius 2 is 1.90 bits per heavy atom. The van der Waals surface area contributed by atoms with E-state index in [0.717, 1.165) is 12.8 Å². The predicted molar refractivity (Wildman–Crippen MR) is 72.0 cm³/mol. The van der Waals surface area contributed by atoms with Crippen LogP contribution in [0, 0.1) is 5.92 Å². The van der Waals surface area contributed by atoms with Crippen molar-refractivity contribution in [3.63, 3.8) is 0 Å². The average molecular weight is 282 g/mol. The summed E-state index contributed by atoms with van der Waals surface area (Å²) in [6, 6.07) is -0.385. The molecule has 2 fully saturated rings. The van der Waals surface area contributed by atoms with Crippen molar-refractivity contribution in [1.82, 2.24) is 9.80 Å². The molecule has 112 valence electrons. The Morgan fingerprint density at radius 3 is 2.50 bits per heavy atom. The summed E-state index contributed by atoms with van der Waals surface area (Å²) in [4.78, 5) is 38.7. The Hall–Kier alpha value is -1.59. The van der Waals surface area contributed by atoms with Crippen molar-refractivity contribution in [3.05, 3.63) is 0 Å². The lowest BCUT2D eigenvalue weighted by Crippen LogP contribution is -2.52. The topological polar surface area (TPSA) is 77.9 Å². The number of hydrogen-bond acceptors (Lipinski definition) is 3. The van der Waals surface area contributed by atoms with Crippen LogP contribution in [0.3, 0.4) is 0 Å². The van der Waals surface area contributed by atoms with Gasteiger partial charge in [-0.15, -0.1) is 0 Å². The number of carboxylic acid groups (broad SMARTS) is 1. The van der Waals surface area contributed by atoms with Gasteiger partial charge in [0.05, 0.1) is 5.92 Å². The highest BCUT2D eigenvalue weighted by Crippen LogP contribution is 2.23. The van der Waals surface area contributed by atoms with Crippen molar-refractivity contribution in [2.24, 2.45) is 5.92 Å². The van der Waals surface area contributed by atoms with Crippen molar-refractivity contribution in [3.8, 4) is 0 Å². The van der Waals surface area contributed by atoms with Crippen LogP contribution in [-0.2, 0) is 14.4 Å². The van der Waals surface area contributed by atoms with Crippen molar-refractivity contribution in [2.45, 2.75) is 45.1 Å². The van der Waals surface area contributed by atoms with Gasteiger partial charge in [0.2, 0.25) is 11.8 Å². The number of nitrogens with zero attached hydrogens (tertiary/aromatic N) is 2. The molecule has 1 N–H and O–H groups in total. The van der Waals surface area contributed by atoms with E-state index in [4.69, 9.17) is 5.11 Å². The van der Waals surface area contributed by atoms with Gasteiger partial charge >= 0.3 is 5.97 Å². The molecule has 0 spiro atoms. The summed E-state index contributed by atoms with van der Waals surface area (Å²) in [5, 5.41) is 9.00. The third-order valence-electron chi connectivity index (χ3n) is 4.26. The summed E-state index contributed by atoms with van der Waals surface area (Å²) >= 11 is 0. The molecule has 0 bridgehead atoms. The molecule has 2 aliphatic rings. The van der Waals surface area contributed by atoms with Crippen molar-refractivity contribution < 1.29 is 19.5 Å². The molecule has 2 aliphatic heterocycles. The van der Waals surface area contributed by atoms with Crippen LogP contribution < -0.4 is 0 Å². The molecule has 6 heteroatoms. The zero-order chi connectivity index (χ0) is 14.7. The Balaban J connectivity index is 2.03. The largest absolute Gasteiger partial charge is 0.481 e. The minimum atomic E-state index is -0.842. The van der Waals surface area contributed by atoms with E-state index in [2.05, 4.69) is 0 Å². The van der Waals surface area contributed by atoms with Gasteiger partial charge in [-0.1, -0.05) is 6.92 Å². The second-order valence-corrected chi connectivity index (χ2v) is 5.56. The van der Waals surface area contributed by atoms with E-state index in [9.17, 15) is 14.4 Å². The lowest BCUT2D eigenvalue weighted by molar-refractivity contribution is -0.147. The van der Waals surface area contributed by atoms with E-state index < -0.39 is 11.9 Å². The number of likely N-dealkylation sites (tertiary alicyclic amines) is 2. The molecule has 2 unspecified atom stereocenters. The van der Waals surface area contributed by atoms with Gasteiger partial charge in [-0.3, -0.25) is 14.4 Å². The van der Waals surface area contributed by atoms with E-state index in [1.54, 1.807) is 16.7 Å². The fourth-order valence-corrected chi connectivity index (χ4v) is 3.06. The number of carbonyl (C=O) groups is 3. The first-order valence-electron chi connectivity index (χ1n) is 7.35. The molecular formula is C14H22N2O4. The van der Waals surface area contributed by atoms with E-state index in [0.29, 0.717) is 32.4 Å². The van der Waals surface area contributed by atoms with Gasteiger partial charge < -0.3 is 14.9 Å². The molecule has 0 saturated carbocycles. The van der Waals surface area contributed by atoms with E-state index in [-0.39, 0.29) is 24.4 Å². The molecular weight excluding hydrogens is 260 g/mol.